The Kier molecular flexibility index (Phi) is 7.42. The molecule has 0 N–H and O–H groups in total. The number of rotatable bonds is 8. The Labute approximate surface area is 188 Å². The minimum atomic E-state index is 0.170. The zero-order valence-corrected chi connectivity index (χ0v) is 19.3. The van der Waals surface area contributed by atoms with Gasteiger partial charge >= 0.3 is 0 Å². The van der Waals surface area contributed by atoms with Crippen molar-refractivity contribution in [2.75, 3.05) is 66.6 Å². The third-order valence-corrected chi connectivity index (χ3v) is 7.11. The van der Waals surface area contributed by atoms with Crippen molar-refractivity contribution in [2.45, 2.75) is 19.3 Å². The van der Waals surface area contributed by atoms with Gasteiger partial charge in [-0.3, -0.25) is 9.69 Å². The molecular weight excluding hydrogens is 412 g/mol. The van der Waals surface area contributed by atoms with Gasteiger partial charge in [0, 0.05) is 50.2 Å². The Morgan fingerprint density at radius 2 is 1.65 bits per heavy atom. The number of likely N-dealkylation sites (tertiary alicyclic amines) is 1. The summed E-state index contributed by atoms with van der Waals surface area (Å²) in [4.78, 5) is 24.5. The van der Waals surface area contributed by atoms with Gasteiger partial charge in [0.1, 0.15) is 5.01 Å². The number of carbonyl (C=O) groups excluding carboxylic acids is 1. The molecule has 7 nitrogen and oxygen atoms in total. The highest BCUT2D eigenvalue weighted by atomic mass is 32.1. The molecule has 2 fully saturated rings. The Morgan fingerprint density at radius 3 is 2.32 bits per heavy atom. The average Bonchev–Trinajstić information content (AvgIpc) is 3.50. The predicted octanol–water partition coefficient (Wildman–Crippen LogP) is 2.61. The van der Waals surface area contributed by atoms with Crippen LogP contribution in [0.2, 0.25) is 0 Å². The zero-order valence-electron chi connectivity index (χ0n) is 18.5. The van der Waals surface area contributed by atoms with Crippen molar-refractivity contribution in [3.8, 4) is 22.1 Å². The molecule has 4 rings (SSSR count). The molecule has 1 amide bonds. The third kappa shape index (κ3) is 5.56. The van der Waals surface area contributed by atoms with Crippen LogP contribution in [0.5, 0.6) is 11.5 Å². The monoisotopic (exact) mass is 444 g/mol. The Morgan fingerprint density at radius 1 is 0.968 bits per heavy atom. The summed E-state index contributed by atoms with van der Waals surface area (Å²) in [6.45, 7) is 8.32. The maximum absolute atomic E-state index is 12.8. The summed E-state index contributed by atoms with van der Waals surface area (Å²) in [5.74, 6) is 1.54. The van der Waals surface area contributed by atoms with Crippen molar-refractivity contribution in [3.05, 3.63) is 29.3 Å². The van der Waals surface area contributed by atoms with Crippen LogP contribution >= 0.6 is 11.3 Å². The highest BCUT2D eigenvalue weighted by Gasteiger charge is 2.23. The van der Waals surface area contributed by atoms with Crippen LogP contribution < -0.4 is 9.47 Å². The molecule has 0 aliphatic carbocycles. The molecule has 1 aromatic heterocycles. The van der Waals surface area contributed by atoms with Crippen molar-refractivity contribution >= 4 is 17.2 Å². The van der Waals surface area contributed by atoms with E-state index in [0.29, 0.717) is 17.9 Å². The number of hydrogen-bond acceptors (Lipinski definition) is 7. The molecule has 0 saturated carbocycles. The van der Waals surface area contributed by atoms with E-state index in [1.807, 2.05) is 28.5 Å². The number of thiazole rings is 1. The predicted molar refractivity (Wildman–Crippen MR) is 123 cm³/mol. The molecule has 31 heavy (non-hydrogen) atoms. The van der Waals surface area contributed by atoms with Gasteiger partial charge in [-0.15, -0.1) is 11.3 Å². The molecular formula is C23H32N4O3S. The highest BCUT2D eigenvalue weighted by molar-refractivity contribution is 7.13. The first-order valence-corrected chi connectivity index (χ1v) is 11.9. The van der Waals surface area contributed by atoms with Gasteiger partial charge in [0.2, 0.25) is 5.91 Å². The van der Waals surface area contributed by atoms with Crippen LogP contribution in [0.3, 0.4) is 0 Å². The quantitative estimate of drug-likeness (QED) is 0.624. The second kappa shape index (κ2) is 10.4. The summed E-state index contributed by atoms with van der Waals surface area (Å²) in [6.07, 6.45) is 3.04. The number of methoxy groups -OCH3 is 2. The SMILES string of the molecule is COc1ccc(-c2nc(CC(=O)N3CCN(CCN4CCCC4)CC3)cs2)cc1OC. The van der Waals surface area contributed by atoms with Gasteiger partial charge < -0.3 is 19.3 Å². The molecule has 8 heteroatoms. The van der Waals surface area contributed by atoms with E-state index < -0.39 is 0 Å². The number of piperazine rings is 1. The van der Waals surface area contributed by atoms with Crippen LogP contribution in [0.1, 0.15) is 18.5 Å². The smallest absolute Gasteiger partial charge is 0.228 e. The highest BCUT2D eigenvalue weighted by Crippen LogP contribution is 2.33. The van der Waals surface area contributed by atoms with Crippen LogP contribution in [0.15, 0.2) is 23.6 Å². The number of nitrogens with zero attached hydrogens (tertiary/aromatic N) is 4. The first kappa shape index (κ1) is 22.0. The molecule has 2 aliphatic heterocycles. The van der Waals surface area contributed by atoms with Crippen molar-refractivity contribution in [3.63, 3.8) is 0 Å². The maximum Gasteiger partial charge on any atom is 0.228 e. The molecule has 3 heterocycles. The molecule has 0 atom stereocenters. The van der Waals surface area contributed by atoms with Crippen molar-refractivity contribution in [2.24, 2.45) is 0 Å². The number of benzene rings is 1. The molecule has 2 aromatic rings. The van der Waals surface area contributed by atoms with Gasteiger partial charge in [0.25, 0.3) is 0 Å². The standard InChI is InChI=1S/C23H32N4O3S/c1-29-20-6-5-18(15-21(20)30-2)23-24-19(17-31-23)16-22(28)27-13-11-26(12-14-27)10-9-25-7-3-4-8-25/h5-6,15,17H,3-4,7-14,16H2,1-2H3. The number of aromatic nitrogens is 1. The van der Waals surface area contributed by atoms with Crippen LogP contribution in [-0.4, -0.2) is 92.2 Å². The van der Waals surface area contributed by atoms with Crippen LogP contribution in [0.25, 0.3) is 10.6 Å². The Balaban J connectivity index is 1.27. The van der Waals surface area contributed by atoms with Gasteiger partial charge in [-0.05, 0) is 44.1 Å². The summed E-state index contributed by atoms with van der Waals surface area (Å²) >= 11 is 1.55. The van der Waals surface area contributed by atoms with Gasteiger partial charge in [-0.2, -0.15) is 0 Å². The van der Waals surface area contributed by atoms with Crippen LogP contribution in [0.4, 0.5) is 0 Å². The minimum absolute atomic E-state index is 0.170. The first-order chi connectivity index (χ1) is 15.2. The Hall–Kier alpha value is -2.16. The van der Waals surface area contributed by atoms with E-state index in [1.54, 1.807) is 25.6 Å². The normalized spacial score (nSPS) is 17.8. The minimum Gasteiger partial charge on any atom is -0.493 e. The summed E-state index contributed by atoms with van der Waals surface area (Å²) < 4.78 is 10.7. The number of amides is 1. The van der Waals surface area contributed by atoms with E-state index in [4.69, 9.17) is 14.5 Å². The van der Waals surface area contributed by atoms with E-state index in [9.17, 15) is 4.79 Å². The first-order valence-electron chi connectivity index (χ1n) is 11.1. The lowest BCUT2D eigenvalue weighted by Gasteiger charge is -2.35. The molecule has 2 aliphatic rings. The number of ether oxygens (including phenoxy) is 2. The molecule has 0 radical (unpaired) electrons. The summed E-state index contributed by atoms with van der Waals surface area (Å²) in [5.41, 5.74) is 1.80. The van der Waals surface area contributed by atoms with E-state index >= 15 is 0 Å². The zero-order chi connectivity index (χ0) is 21.6. The lowest BCUT2D eigenvalue weighted by Crippen LogP contribution is -2.50. The van der Waals surface area contributed by atoms with Gasteiger partial charge in [0.15, 0.2) is 11.5 Å². The topological polar surface area (TPSA) is 58.1 Å². The second-order valence-corrected chi connectivity index (χ2v) is 9.02. The van der Waals surface area contributed by atoms with Crippen molar-refractivity contribution < 1.29 is 14.3 Å². The molecule has 0 bridgehead atoms. The fourth-order valence-electron chi connectivity index (χ4n) is 4.27. The molecule has 2 saturated heterocycles. The van der Waals surface area contributed by atoms with Crippen LogP contribution in [0, 0.1) is 0 Å². The average molecular weight is 445 g/mol. The lowest BCUT2D eigenvalue weighted by molar-refractivity contribution is -0.132. The lowest BCUT2D eigenvalue weighted by atomic mass is 10.2. The molecule has 0 spiro atoms. The molecule has 0 unspecified atom stereocenters. The maximum atomic E-state index is 12.8. The molecule has 1 aromatic carbocycles. The largest absolute Gasteiger partial charge is 0.493 e. The second-order valence-electron chi connectivity index (χ2n) is 8.16. The van der Waals surface area contributed by atoms with Gasteiger partial charge in [-0.25, -0.2) is 4.98 Å². The molecule has 168 valence electrons. The van der Waals surface area contributed by atoms with Crippen LogP contribution in [-0.2, 0) is 11.2 Å². The summed E-state index contributed by atoms with van der Waals surface area (Å²) in [6, 6.07) is 5.77. The van der Waals surface area contributed by atoms with E-state index in [0.717, 1.165) is 55.5 Å². The Bertz CT molecular complexity index is 873. The fourth-order valence-corrected chi connectivity index (χ4v) is 5.08. The fraction of sp³-hybridized carbons (Fsp3) is 0.565. The summed E-state index contributed by atoms with van der Waals surface area (Å²) in [5, 5.41) is 2.87. The van der Waals surface area contributed by atoms with Gasteiger partial charge in [0.05, 0.1) is 26.3 Å². The van der Waals surface area contributed by atoms with Gasteiger partial charge in [-0.1, -0.05) is 0 Å². The third-order valence-electron chi connectivity index (χ3n) is 6.17. The summed E-state index contributed by atoms with van der Waals surface area (Å²) in [7, 11) is 3.25. The number of carbonyl (C=O) groups is 1. The number of hydrogen-bond donors (Lipinski definition) is 0. The van der Waals surface area contributed by atoms with Crippen molar-refractivity contribution in [1.82, 2.24) is 19.7 Å². The van der Waals surface area contributed by atoms with Crippen molar-refractivity contribution in [1.29, 1.82) is 0 Å². The van der Waals surface area contributed by atoms with E-state index in [1.165, 1.54) is 25.9 Å². The van der Waals surface area contributed by atoms with E-state index in [-0.39, 0.29) is 5.91 Å². The van der Waals surface area contributed by atoms with E-state index in [2.05, 4.69) is 9.80 Å².